The number of likely N-dealkylation sites (tertiary alicyclic amines) is 1. The van der Waals surface area contributed by atoms with Crippen LogP contribution in [0.25, 0.3) is 4.85 Å². The van der Waals surface area contributed by atoms with E-state index < -0.39 is 35.9 Å². The van der Waals surface area contributed by atoms with Gasteiger partial charge in [0.25, 0.3) is 0 Å². The maximum atomic E-state index is 12.8. The molecule has 0 radical (unpaired) electrons. The SMILES string of the molecule is [C-]#[N+][C@@H]1C[C@@]2(CN1C(=O)CC(=O)N[C@H]1CCC[C@H]1O)C(=O)Nc1ccccc12. The summed E-state index contributed by atoms with van der Waals surface area (Å²) >= 11 is 0. The van der Waals surface area contributed by atoms with Gasteiger partial charge < -0.3 is 15.7 Å². The number of nitrogens with one attached hydrogen (secondary N) is 2. The molecular weight excluding hydrogens is 360 g/mol. The minimum atomic E-state index is -0.945. The number of fused-ring (bicyclic) bond motifs is 2. The average Bonchev–Trinajstić information content (AvgIpc) is 3.33. The van der Waals surface area contributed by atoms with Gasteiger partial charge in [-0.15, -0.1) is 0 Å². The quantitative estimate of drug-likeness (QED) is 0.531. The molecule has 2 heterocycles. The number of aliphatic hydroxyl groups is 1. The summed E-state index contributed by atoms with van der Waals surface area (Å²) < 4.78 is 0. The van der Waals surface area contributed by atoms with Crippen LogP contribution in [0.3, 0.4) is 0 Å². The van der Waals surface area contributed by atoms with Gasteiger partial charge in [0.05, 0.1) is 18.6 Å². The second kappa shape index (κ2) is 6.91. The molecule has 3 amide bonds. The normalized spacial score (nSPS) is 30.8. The second-order valence-corrected chi connectivity index (χ2v) is 7.77. The van der Waals surface area contributed by atoms with E-state index in [0.29, 0.717) is 18.5 Å². The van der Waals surface area contributed by atoms with Gasteiger partial charge in [-0.25, -0.2) is 6.57 Å². The smallest absolute Gasteiger partial charge is 0.302 e. The number of carbonyl (C=O) groups is 3. The van der Waals surface area contributed by atoms with Crippen molar-refractivity contribution in [1.82, 2.24) is 10.2 Å². The van der Waals surface area contributed by atoms with Crippen molar-refractivity contribution < 1.29 is 19.5 Å². The fourth-order valence-corrected chi connectivity index (χ4v) is 4.59. The Morgan fingerprint density at radius 2 is 2.14 bits per heavy atom. The van der Waals surface area contributed by atoms with E-state index >= 15 is 0 Å². The van der Waals surface area contributed by atoms with Crippen LogP contribution in [-0.4, -0.2) is 52.6 Å². The third-order valence-corrected chi connectivity index (χ3v) is 6.06. The van der Waals surface area contributed by atoms with Gasteiger partial charge in [0.15, 0.2) is 0 Å². The van der Waals surface area contributed by atoms with Gasteiger partial charge in [-0.05, 0) is 30.9 Å². The maximum Gasteiger partial charge on any atom is 0.302 e. The first-order valence-corrected chi connectivity index (χ1v) is 9.49. The summed E-state index contributed by atoms with van der Waals surface area (Å²) in [5.74, 6) is -1.15. The molecule has 3 N–H and O–H groups in total. The van der Waals surface area contributed by atoms with Crippen LogP contribution in [0.4, 0.5) is 5.69 Å². The van der Waals surface area contributed by atoms with Crippen LogP contribution in [0, 0.1) is 6.57 Å². The van der Waals surface area contributed by atoms with Gasteiger partial charge >= 0.3 is 6.17 Å². The monoisotopic (exact) mass is 382 g/mol. The third kappa shape index (κ3) is 2.92. The number of hydrogen-bond donors (Lipinski definition) is 3. The Morgan fingerprint density at radius 1 is 1.36 bits per heavy atom. The summed E-state index contributed by atoms with van der Waals surface area (Å²) in [6.07, 6.45) is 0.626. The summed E-state index contributed by atoms with van der Waals surface area (Å²) in [4.78, 5) is 42.6. The highest BCUT2D eigenvalue weighted by Crippen LogP contribution is 2.46. The topological polar surface area (TPSA) is 103 Å². The first-order chi connectivity index (χ1) is 13.4. The van der Waals surface area contributed by atoms with E-state index in [0.717, 1.165) is 12.0 Å². The molecule has 2 aliphatic heterocycles. The molecule has 1 aliphatic carbocycles. The highest BCUT2D eigenvalue weighted by atomic mass is 16.3. The van der Waals surface area contributed by atoms with E-state index in [2.05, 4.69) is 15.5 Å². The van der Waals surface area contributed by atoms with Crippen molar-refractivity contribution in [1.29, 1.82) is 0 Å². The summed E-state index contributed by atoms with van der Waals surface area (Å²) in [5, 5.41) is 15.4. The zero-order valence-electron chi connectivity index (χ0n) is 15.4. The lowest BCUT2D eigenvalue weighted by atomic mass is 9.80. The van der Waals surface area contributed by atoms with Gasteiger partial charge in [0, 0.05) is 12.2 Å². The van der Waals surface area contributed by atoms with Crippen LogP contribution in [0.1, 0.15) is 37.7 Å². The largest absolute Gasteiger partial charge is 0.391 e. The molecule has 28 heavy (non-hydrogen) atoms. The Kier molecular flexibility index (Phi) is 4.55. The highest BCUT2D eigenvalue weighted by Gasteiger charge is 2.58. The summed E-state index contributed by atoms with van der Waals surface area (Å²) in [5.41, 5.74) is 0.556. The number of para-hydroxylation sites is 1. The second-order valence-electron chi connectivity index (χ2n) is 7.77. The molecular formula is C20H22N4O4. The number of hydrogen-bond acceptors (Lipinski definition) is 4. The summed E-state index contributed by atoms with van der Waals surface area (Å²) in [6, 6.07) is 6.98. The van der Waals surface area contributed by atoms with Crippen LogP contribution >= 0.6 is 0 Å². The Morgan fingerprint density at radius 3 is 2.86 bits per heavy atom. The molecule has 1 spiro atoms. The minimum Gasteiger partial charge on any atom is -0.391 e. The van der Waals surface area contributed by atoms with Crippen molar-refractivity contribution >= 4 is 23.4 Å². The van der Waals surface area contributed by atoms with Crippen LogP contribution in [0.2, 0.25) is 0 Å². The first kappa shape index (κ1) is 18.4. The van der Waals surface area contributed by atoms with Gasteiger partial charge in [0.2, 0.25) is 17.7 Å². The average molecular weight is 382 g/mol. The molecule has 2 fully saturated rings. The number of nitrogens with zero attached hydrogens (tertiary/aromatic N) is 2. The zero-order valence-corrected chi connectivity index (χ0v) is 15.4. The molecule has 3 aliphatic rings. The zero-order chi connectivity index (χ0) is 19.9. The van der Waals surface area contributed by atoms with Crippen molar-refractivity contribution in [3.8, 4) is 0 Å². The summed E-state index contributed by atoms with van der Waals surface area (Å²) in [6.45, 7) is 7.56. The van der Waals surface area contributed by atoms with Gasteiger partial charge in [-0.1, -0.05) is 18.2 Å². The lowest BCUT2D eigenvalue weighted by Gasteiger charge is -2.21. The van der Waals surface area contributed by atoms with Crippen molar-refractivity contribution in [3.05, 3.63) is 41.2 Å². The molecule has 4 atom stereocenters. The van der Waals surface area contributed by atoms with Crippen LogP contribution in [0.5, 0.6) is 0 Å². The lowest BCUT2D eigenvalue weighted by molar-refractivity contribution is -0.136. The van der Waals surface area contributed by atoms with E-state index in [-0.39, 0.29) is 24.9 Å². The number of aliphatic hydroxyl groups excluding tert-OH is 1. The van der Waals surface area contributed by atoms with Crippen LogP contribution in [0.15, 0.2) is 24.3 Å². The molecule has 8 heteroatoms. The highest BCUT2D eigenvalue weighted by molar-refractivity contribution is 6.07. The van der Waals surface area contributed by atoms with Crippen molar-refractivity contribution in [2.45, 2.75) is 55.8 Å². The van der Waals surface area contributed by atoms with E-state index in [4.69, 9.17) is 6.57 Å². The van der Waals surface area contributed by atoms with Gasteiger partial charge in [-0.2, -0.15) is 0 Å². The molecule has 0 bridgehead atoms. The molecule has 0 aromatic heterocycles. The van der Waals surface area contributed by atoms with E-state index in [1.54, 1.807) is 6.07 Å². The molecule has 1 aromatic carbocycles. The predicted molar refractivity (Wildman–Crippen MR) is 99.9 cm³/mol. The molecule has 1 saturated carbocycles. The number of carbonyl (C=O) groups excluding carboxylic acids is 3. The Bertz CT molecular complexity index is 879. The minimum absolute atomic E-state index is 0.0844. The van der Waals surface area contributed by atoms with Crippen molar-refractivity contribution in [2.75, 3.05) is 11.9 Å². The van der Waals surface area contributed by atoms with Gasteiger partial charge in [-0.3, -0.25) is 24.1 Å². The van der Waals surface area contributed by atoms with Crippen molar-refractivity contribution in [2.24, 2.45) is 0 Å². The van der Waals surface area contributed by atoms with E-state index in [1.807, 2.05) is 18.2 Å². The fraction of sp³-hybridized carbons (Fsp3) is 0.500. The maximum absolute atomic E-state index is 12.8. The molecule has 1 aromatic rings. The number of anilines is 1. The fourth-order valence-electron chi connectivity index (χ4n) is 4.59. The van der Waals surface area contributed by atoms with Gasteiger partial charge in [0.1, 0.15) is 11.8 Å². The Hall–Kier alpha value is -2.92. The summed E-state index contributed by atoms with van der Waals surface area (Å²) in [7, 11) is 0. The van der Waals surface area contributed by atoms with Crippen LogP contribution < -0.4 is 10.6 Å². The molecule has 4 rings (SSSR count). The Balaban J connectivity index is 1.49. The Labute approximate surface area is 162 Å². The molecule has 8 nitrogen and oxygen atoms in total. The van der Waals surface area contributed by atoms with Crippen molar-refractivity contribution in [3.63, 3.8) is 0 Å². The van der Waals surface area contributed by atoms with E-state index in [1.165, 1.54) is 4.90 Å². The van der Waals surface area contributed by atoms with E-state index in [9.17, 15) is 19.5 Å². The first-order valence-electron chi connectivity index (χ1n) is 9.49. The van der Waals surface area contributed by atoms with Crippen LogP contribution in [-0.2, 0) is 19.8 Å². The molecule has 1 saturated heterocycles. The number of rotatable bonds is 3. The third-order valence-electron chi connectivity index (χ3n) is 6.06. The number of benzene rings is 1. The molecule has 0 unspecified atom stereocenters. The standard InChI is InChI=1S/C20H22N4O4/c1-21-16-10-20(12-5-2-3-6-13(12)23-19(20)28)11-24(16)18(27)9-17(26)22-14-7-4-8-15(14)25/h2-3,5-6,14-16,25H,4,7-11H2,(H,22,26)(H,23,28)/t14-,15+,16-,20-/m0/s1. The number of amides is 3. The molecule has 146 valence electrons. The predicted octanol–water partition coefficient (Wildman–Crippen LogP) is 0.774. The lowest BCUT2D eigenvalue weighted by Crippen LogP contribution is -2.44.